The topological polar surface area (TPSA) is 17.0 Å². The van der Waals surface area contributed by atoms with Gasteiger partial charge in [0.25, 0.3) is 0 Å². The van der Waals surface area contributed by atoms with Crippen molar-refractivity contribution in [1.82, 2.24) is 9.88 Å². The zero-order valence-corrected chi connectivity index (χ0v) is 12.6. The number of nitrogens with zero attached hydrogens (tertiary/aromatic N) is 1. The van der Waals surface area contributed by atoms with Crippen molar-refractivity contribution in [3.05, 3.63) is 58.4 Å². The second-order valence-corrected chi connectivity index (χ2v) is 6.13. The minimum absolute atomic E-state index is 0.952. The lowest BCUT2D eigenvalue weighted by Crippen LogP contribution is -2.13. The maximum absolute atomic E-state index is 3.47. The molecule has 20 heavy (non-hydrogen) atoms. The summed E-state index contributed by atoms with van der Waals surface area (Å²) in [7, 11) is 0. The molecule has 2 heterocycles. The van der Waals surface area contributed by atoms with Crippen LogP contribution in [0.1, 0.15) is 23.8 Å². The van der Waals surface area contributed by atoms with Crippen molar-refractivity contribution in [3.63, 3.8) is 0 Å². The van der Waals surface area contributed by atoms with E-state index in [1.54, 1.807) is 0 Å². The molecule has 104 valence electrons. The highest BCUT2D eigenvalue weighted by molar-refractivity contribution is 7.09. The van der Waals surface area contributed by atoms with Crippen molar-refractivity contribution in [2.24, 2.45) is 0 Å². The van der Waals surface area contributed by atoms with Gasteiger partial charge in [0.05, 0.1) is 6.54 Å². The Morgan fingerprint density at radius 1 is 1.20 bits per heavy atom. The Bertz CT molecular complexity index is 667. The van der Waals surface area contributed by atoms with Crippen molar-refractivity contribution < 1.29 is 0 Å². The average Bonchev–Trinajstić information content (AvgIpc) is 3.10. The highest BCUT2D eigenvalue weighted by Gasteiger charge is 2.04. The van der Waals surface area contributed by atoms with Crippen molar-refractivity contribution in [1.29, 1.82) is 0 Å². The zero-order valence-electron chi connectivity index (χ0n) is 11.8. The lowest BCUT2D eigenvalue weighted by Gasteiger charge is -2.07. The molecule has 0 fully saturated rings. The second-order valence-electron chi connectivity index (χ2n) is 5.09. The molecule has 0 bridgehead atoms. The van der Waals surface area contributed by atoms with Crippen LogP contribution in [0.3, 0.4) is 0 Å². The van der Waals surface area contributed by atoms with Crippen LogP contribution in [-0.2, 0) is 13.1 Å². The number of thiophene rings is 1. The number of hydrogen-bond donors (Lipinski definition) is 1. The standard InChI is InChI=1S/C17H20N2S/c1-2-8-18-12-14-5-6-15-7-9-19(17(15)11-14)13-16-4-3-10-20-16/h3-7,9-11,18H,2,8,12-13H2,1H3. The molecular weight excluding hydrogens is 264 g/mol. The SMILES string of the molecule is CCCNCc1ccc2ccn(Cc3cccs3)c2c1. The van der Waals surface area contributed by atoms with Crippen LogP contribution >= 0.6 is 11.3 Å². The van der Waals surface area contributed by atoms with E-state index in [2.05, 4.69) is 64.8 Å². The van der Waals surface area contributed by atoms with Crippen LogP contribution in [0, 0.1) is 0 Å². The maximum atomic E-state index is 3.47. The molecule has 0 saturated carbocycles. The van der Waals surface area contributed by atoms with Crippen LogP contribution in [0.5, 0.6) is 0 Å². The predicted octanol–water partition coefficient (Wildman–Crippen LogP) is 4.25. The highest BCUT2D eigenvalue weighted by atomic mass is 32.1. The molecule has 1 N–H and O–H groups in total. The van der Waals surface area contributed by atoms with Gasteiger partial charge in [-0.2, -0.15) is 0 Å². The molecule has 0 aliphatic carbocycles. The summed E-state index contributed by atoms with van der Waals surface area (Å²) in [6.07, 6.45) is 3.37. The van der Waals surface area contributed by atoms with Gasteiger partial charge in [-0.25, -0.2) is 0 Å². The Labute approximate surface area is 124 Å². The number of fused-ring (bicyclic) bond motifs is 1. The molecule has 0 spiro atoms. The summed E-state index contributed by atoms with van der Waals surface area (Å²) in [4.78, 5) is 1.40. The summed E-state index contributed by atoms with van der Waals surface area (Å²) >= 11 is 1.82. The smallest absolute Gasteiger partial charge is 0.0569 e. The summed E-state index contributed by atoms with van der Waals surface area (Å²) in [6.45, 7) is 5.19. The summed E-state index contributed by atoms with van der Waals surface area (Å²) in [5.41, 5.74) is 2.69. The van der Waals surface area contributed by atoms with E-state index in [4.69, 9.17) is 0 Å². The van der Waals surface area contributed by atoms with Crippen LogP contribution in [0.4, 0.5) is 0 Å². The Morgan fingerprint density at radius 2 is 2.15 bits per heavy atom. The van der Waals surface area contributed by atoms with Gasteiger partial charge in [-0.15, -0.1) is 11.3 Å². The first-order chi connectivity index (χ1) is 9.86. The molecule has 0 aliphatic rings. The van der Waals surface area contributed by atoms with E-state index in [1.165, 1.54) is 27.8 Å². The maximum Gasteiger partial charge on any atom is 0.0569 e. The van der Waals surface area contributed by atoms with Gasteiger partial charge in [0.1, 0.15) is 0 Å². The normalized spacial score (nSPS) is 11.2. The van der Waals surface area contributed by atoms with E-state index in [9.17, 15) is 0 Å². The van der Waals surface area contributed by atoms with Crippen LogP contribution in [-0.4, -0.2) is 11.1 Å². The lowest BCUT2D eigenvalue weighted by molar-refractivity contribution is 0.675. The van der Waals surface area contributed by atoms with Crippen LogP contribution in [0.2, 0.25) is 0 Å². The molecule has 0 radical (unpaired) electrons. The van der Waals surface area contributed by atoms with Gasteiger partial charge in [0.15, 0.2) is 0 Å². The van der Waals surface area contributed by atoms with Gasteiger partial charge in [-0.3, -0.25) is 0 Å². The number of benzene rings is 1. The third-order valence-corrected chi connectivity index (χ3v) is 4.36. The monoisotopic (exact) mass is 284 g/mol. The first-order valence-corrected chi connectivity index (χ1v) is 8.05. The van der Waals surface area contributed by atoms with Gasteiger partial charge in [-0.1, -0.05) is 25.1 Å². The average molecular weight is 284 g/mol. The summed E-state index contributed by atoms with van der Waals surface area (Å²) in [6, 6.07) is 13.3. The van der Waals surface area contributed by atoms with Crippen molar-refractivity contribution in [2.45, 2.75) is 26.4 Å². The molecule has 3 aromatic rings. The molecule has 0 saturated heterocycles. The first-order valence-electron chi connectivity index (χ1n) is 7.17. The summed E-state index contributed by atoms with van der Waals surface area (Å²) in [5, 5.41) is 6.93. The summed E-state index contributed by atoms with van der Waals surface area (Å²) < 4.78 is 2.34. The first kappa shape index (κ1) is 13.4. The molecule has 0 atom stereocenters. The van der Waals surface area contributed by atoms with E-state index >= 15 is 0 Å². The molecular formula is C17H20N2S. The highest BCUT2D eigenvalue weighted by Crippen LogP contribution is 2.20. The fraction of sp³-hybridized carbons (Fsp3) is 0.294. The van der Waals surface area contributed by atoms with E-state index in [0.717, 1.165) is 19.6 Å². The predicted molar refractivity (Wildman–Crippen MR) is 87.4 cm³/mol. The van der Waals surface area contributed by atoms with Crippen LogP contribution in [0.25, 0.3) is 10.9 Å². The number of hydrogen-bond acceptors (Lipinski definition) is 2. The number of nitrogens with one attached hydrogen (secondary N) is 1. The van der Waals surface area contributed by atoms with Crippen molar-refractivity contribution in [2.75, 3.05) is 6.54 Å². The molecule has 0 aliphatic heterocycles. The quantitative estimate of drug-likeness (QED) is 0.670. The molecule has 2 aromatic heterocycles. The fourth-order valence-corrected chi connectivity index (χ4v) is 3.16. The van der Waals surface area contributed by atoms with Crippen LogP contribution in [0.15, 0.2) is 48.0 Å². The van der Waals surface area contributed by atoms with E-state index < -0.39 is 0 Å². The fourth-order valence-electron chi connectivity index (χ4n) is 2.46. The Hall–Kier alpha value is -1.58. The Morgan fingerprint density at radius 3 is 2.95 bits per heavy atom. The van der Waals surface area contributed by atoms with Crippen molar-refractivity contribution in [3.8, 4) is 0 Å². The minimum Gasteiger partial charge on any atom is -0.342 e. The summed E-state index contributed by atoms with van der Waals surface area (Å²) in [5.74, 6) is 0. The number of rotatable bonds is 6. The van der Waals surface area contributed by atoms with Gasteiger partial charge < -0.3 is 9.88 Å². The van der Waals surface area contributed by atoms with Gasteiger partial charge in [0, 0.05) is 23.1 Å². The molecule has 0 amide bonds. The zero-order chi connectivity index (χ0) is 13.8. The van der Waals surface area contributed by atoms with Gasteiger partial charge in [-0.05, 0) is 47.5 Å². The lowest BCUT2D eigenvalue weighted by atomic mass is 10.1. The van der Waals surface area contributed by atoms with E-state index in [1.807, 2.05) is 11.3 Å². The third-order valence-electron chi connectivity index (χ3n) is 3.50. The van der Waals surface area contributed by atoms with Gasteiger partial charge >= 0.3 is 0 Å². The largest absolute Gasteiger partial charge is 0.342 e. The van der Waals surface area contributed by atoms with Gasteiger partial charge in [0.2, 0.25) is 0 Å². The molecule has 3 heteroatoms. The third kappa shape index (κ3) is 2.94. The number of aromatic nitrogens is 1. The van der Waals surface area contributed by atoms with E-state index in [-0.39, 0.29) is 0 Å². The van der Waals surface area contributed by atoms with E-state index in [0.29, 0.717) is 0 Å². The van der Waals surface area contributed by atoms with Crippen LogP contribution < -0.4 is 5.32 Å². The Kier molecular flexibility index (Phi) is 4.19. The minimum atomic E-state index is 0.952. The second kappa shape index (κ2) is 6.25. The molecule has 3 rings (SSSR count). The molecule has 0 unspecified atom stereocenters. The molecule has 1 aromatic carbocycles. The van der Waals surface area contributed by atoms with Crippen molar-refractivity contribution >= 4 is 22.2 Å². The molecule has 2 nitrogen and oxygen atoms in total. The Balaban J connectivity index is 1.83.